The first-order valence-corrected chi connectivity index (χ1v) is 14.7. The van der Waals surface area contributed by atoms with E-state index in [2.05, 4.69) is 13.0 Å². The molecule has 2 aromatic rings. The van der Waals surface area contributed by atoms with Crippen LogP contribution in [-0.4, -0.2) is 6.61 Å². The molecule has 0 heterocycles. The van der Waals surface area contributed by atoms with E-state index >= 15 is 8.78 Å². The van der Waals surface area contributed by atoms with E-state index in [1.807, 2.05) is 0 Å². The lowest BCUT2D eigenvalue weighted by Crippen LogP contribution is -2.16. The maximum absolute atomic E-state index is 15.1. The quantitative estimate of drug-likeness (QED) is 0.207. The van der Waals surface area contributed by atoms with Gasteiger partial charge < -0.3 is 4.74 Å². The fraction of sp³-hybridized carbons (Fsp3) is 0.576. The third kappa shape index (κ3) is 6.82. The van der Waals surface area contributed by atoms with Gasteiger partial charge in [0.25, 0.3) is 0 Å². The maximum atomic E-state index is 15.1. The Morgan fingerprint density at radius 3 is 2.24 bits per heavy atom. The molecule has 0 aliphatic heterocycles. The van der Waals surface area contributed by atoms with Gasteiger partial charge in [-0.15, -0.1) is 0 Å². The number of rotatable bonds is 11. The van der Waals surface area contributed by atoms with Crippen LogP contribution in [0.15, 0.2) is 30.3 Å². The Balaban J connectivity index is 1.30. The van der Waals surface area contributed by atoms with Gasteiger partial charge in [-0.2, -0.15) is 4.39 Å². The van der Waals surface area contributed by atoms with Crippen LogP contribution in [0.1, 0.15) is 114 Å². The summed E-state index contributed by atoms with van der Waals surface area (Å²) < 4.78 is 64.2. The van der Waals surface area contributed by atoms with Gasteiger partial charge in [-0.3, -0.25) is 0 Å². The van der Waals surface area contributed by atoms with Crippen molar-refractivity contribution in [3.05, 3.63) is 70.3 Å². The molecule has 2 aliphatic rings. The van der Waals surface area contributed by atoms with Gasteiger partial charge in [0.1, 0.15) is 0 Å². The lowest BCUT2D eigenvalue weighted by Gasteiger charge is -2.29. The molecule has 0 bridgehead atoms. The molecule has 5 heteroatoms. The predicted molar refractivity (Wildman–Crippen MR) is 146 cm³/mol. The Kier molecular flexibility index (Phi) is 10.3. The summed E-state index contributed by atoms with van der Waals surface area (Å²) >= 11 is 0. The number of ether oxygens (including phenoxy) is 1. The van der Waals surface area contributed by atoms with Crippen LogP contribution >= 0.6 is 0 Å². The van der Waals surface area contributed by atoms with E-state index in [1.54, 1.807) is 25.1 Å². The summed E-state index contributed by atoms with van der Waals surface area (Å²) in [5, 5.41) is 0. The Morgan fingerprint density at radius 1 is 0.763 bits per heavy atom. The molecule has 38 heavy (non-hydrogen) atoms. The molecule has 0 N–H and O–H groups in total. The van der Waals surface area contributed by atoms with Gasteiger partial charge in [0, 0.05) is 5.56 Å². The minimum absolute atomic E-state index is 0.0279. The highest BCUT2D eigenvalue weighted by atomic mass is 19.2. The van der Waals surface area contributed by atoms with Crippen molar-refractivity contribution in [2.75, 3.05) is 6.61 Å². The van der Waals surface area contributed by atoms with E-state index in [0.29, 0.717) is 34.9 Å². The second-order valence-corrected chi connectivity index (χ2v) is 11.2. The van der Waals surface area contributed by atoms with E-state index in [1.165, 1.54) is 31.7 Å². The molecule has 208 valence electrons. The third-order valence-electron chi connectivity index (χ3n) is 8.73. The topological polar surface area (TPSA) is 9.23 Å². The number of hydrogen-bond donors (Lipinski definition) is 0. The maximum Gasteiger partial charge on any atom is 0.200 e. The standard InChI is InChI=1S/C33H42F4O/c1-3-5-6-7-22-8-13-24(14-9-22)27-19-18-26(30(34)31(27)35)17-12-23-10-15-25(16-11-23)28-20-21-29(38-4-2)33(37)32(28)36/h13,18-23,25H,3-12,14-17H2,1-2H3. The molecule has 4 rings (SSSR count). The second-order valence-electron chi connectivity index (χ2n) is 11.2. The minimum atomic E-state index is -0.914. The SMILES string of the molecule is CCCCCC1CC=C(c2ccc(CCC3CCC(c4ccc(OCC)c(F)c4F)CC3)c(F)c2F)CC1. The fourth-order valence-electron chi connectivity index (χ4n) is 6.36. The molecule has 0 radical (unpaired) electrons. The molecular formula is C33H42F4O. The second kappa shape index (κ2) is 13.7. The number of benzene rings is 2. The zero-order valence-corrected chi connectivity index (χ0v) is 22.9. The van der Waals surface area contributed by atoms with Gasteiger partial charge in [-0.1, -0.05) is 56.9 Å². The Labute approximate surface area is 225 Å². The van der Waals surface area contributed by atoms with Crippen LogP contribution in [-0.2, 0) is 6.42 Å². The molecule has 1 fully saturated rings. The van der Waals surface area contributed by atoms with Crippen molar-refractivity contribution in [2.45, 2.75) is 103 Å². The normalized spacial score (nSPS) is 21.8. The highest BCUT2D eigenvalue weighted by Gasteiger charge is 2.27. The molecular weight excluding hydrogens is 488 g/mol. The van der Waals surface area contributed by atoms with Gasteiger partial charge in [0.15, 0.2) is 23.2 Å². The van der Waals surface area contributed by atoms with Crippen LogP contribution in [0.25, 0.3) is 5.57 Å². The predicted octanol–water partition coefficient (Wildman–Crippen LogP) is 10.3. The van der Waals surface area contributed by atoms with E-state index < -0.39 is 23.3 Å². The van der Waals surface area contributed by atoms with Gasteiger partial charge in [0.2, 0.25) is 5.82 Å². The Bertz CT molecular complexity index is 1100. The van der Waals surface area contributed by atoms with Crippen LogP contribution in [0.2, 0.25) is 0 Å². The van der Waals surface area contributed by atoms with E-state index in [4.69, 9.17) is 4.74 Å². The van der Waals surface area contributed by atoms with Crippen molar-refractivity contribution < 1.29 is 22.3 Å². The van der Waals surface area contributed by atoms with Crippen molar-refractivity contribution >= 4 is 5.57 Å². The number of unbranched alkanes of at least 4 members (excludes halogenated alkanes) is 2. The molecule has 0 saturated heterocycles. The molecule has 2 aromatic carbocycles. The van der Waals surface area contributed by atoms with Crippen LogP contribution < -0.4 is 4.74 Å². The van der Waals surface area contributed by atoms with Crippen LogP contribution in [0.5, 0.6) is 5.75 Å². The van der Waals surface area contributed by atoms with Crippen molar-refractivity contribution in [1.29, 1.82) is 0 Å². The molecule has 1 unspecified atom stereocenters. The lowest BCUT2D eigenvalue weighted by molar-refractivity contribution is 0.296. The summed E-state index contributed by atoms with van der Waals surface area (Å²) in [4.78, 5) is 0. The average molecular weight is 531 g/mol. The molecule has 1 saturated carbocycles. The summed E-state index contributed by atoms with van der Waals surface area (Å²) in [5.41, 5.74) is 2.21. The number of allylic oxidation sites excluding steroid dienone is 2. The van der Waals surface area contributed by atoms with Gasteiger partial charge in [0.05, 0.1) is 6.61 Å². The smallest absolute Gasteiger partial charge is 0.200 e. The molecule has 0 spiro atoms. The Morgan fingerprint density at radius 2 is 1.55 bits per heavy atom. The molecule has 1 atom stereocenters. The first-order valence-electron chi connectivity index (χ1n) is 14.7. The van der Waals surface area contributed by atoms with Crippen molar-refractivity contribution in [3.63, 3.8) is 0 Å². The number of halogens is 4. The van der Waals surface area contributed by atoms with Crippen LogP contribution in [0.3, 0.4) is 0 Å². The van der Waals surface area contributed by atoms with E-state index in [9.17, 15) is 8.78 Å². The first-order chi connectivity index (χ1) is 18.4. The van der Waals surface area contributed by atoms with Gasteiger partial charge >= 0.3 is 0 Å². The summed E-state index contributed by atoms with van der Waals surface area (Å²) in [6.07, 6.45) is 14.4. The number of aryl methyl sites for hydroxylation is 1. The molecule has 2 aliphatic carbocycles. The fourth-order valence-corrected chi connectivity index (χ4v) is 6.36. The lowest BCUT2D eigenvalue weighted by atomic mass is 9.76. The monoisotopic (exact) mass is 530 g/mol. The largest absolute Gasteiger partial charge is 0.491 e. The Hall–Kier alpha value is -2.30. The van der Waals surface area contributed by atoms with E-state index in [0.717, 1.165) is 56.9 Å². The van der Waals surface area contributed by atoms with Crippen LogP contribution in [0.4, 0.5) is 17.6 Å². The molecule has 0 amide bonds. The highest BCUT2D eigenvalue weighted by molar-refractivity contribution is 5.67. The summed E-state index contributed by atoms with van der Waals surface area (Å²) in [7, 11) is 0. The average Bonchev–Trinajstić information content (AvgIpc) is 2.93. The number of hydrogen-bond acceptors (Lipinski definition) is 1. The van der Waals surface area contributed by atoms with Crippen LogP contribution in [0, 0.1) is 35.1 Å². The third-order valence-corrected chi connectivity index (χ3v) is 8.73. The van der Waals surface area contributed by atoms with Crippen molar-refractivity contribution in [3.8, 4) is 5.75 Å². The van der Waals surface area contributed by atoms with Gasteiger partial charge in [-0.05, 0) is 105 Å². The summed E-state index contributed by atoms with van der Waals surface area (Å²) in [6, 6.07) is 6.67. The molecule has 1 nitrogen and oxygen atoms in total. The summed E-state index contributed by atoms with van der Waals surface area (Å²) in [5.74, 6) is -2.19. The zero-order chi connectivity index (χ0) is 27.1. The minimum Gasteiger partial charge on any atom is -0.491 e. The van der Waals surface area contributed by atoms with Crippen molar-refractivity contribution in [2.24, 2.45) is 11.8 Å². The van der Waals surface area contributed by atoms with Gasteiger partial charge in [-0.25, -0.2) is 13.2 Å². The van der Waals surface area contributed by atoms with E-state index in [-0.39, 0.29) is 18.3 Å². The van der Waals surface area contributed by atoms with Crippen molar-refractivity contribution in [1.82, 2.24) is 0 Å². The highest BCUT2D eigenvalue weighted by Crippen LogP contribution is 2.40. The first kappa shape index (κ1) is 28.7. The summed E-state index contributed by atoms with van der Waals surface area (Å²) in [6.45, 7) is 4.23. The molecule has 0 aromatic heterocycles. The zero-order valence-electron chi connectivity index (χ0n) is 22.9.